The number of amides is 1. The fraction of sp³-hybridized carbons (Fsp3) is 0.214. The molecule has 6 heteroatoms. The van der Waals surface area contributed by atoms with Crippen molar-refractivity contribution in [3.05, 3.63) is 49.1 Å². The minimum absolute atomic E-state index is 0.0976. The molecule has 2 rings (SSSR count). The minimum atomic E-state index is -0.146. The second kappa shape index (κ2) is 6.16. The number of nitrogens with one attached hydrogen (secondary N) is 1. The van der Waals surface area contributed by atoms with Crippen molar-refractivity contribution in [2.45, 2.75) is 19.9 Å². The zero-order valence-electron chi connectivity index (χ0n) is 11.0. The van der Waals surface area contributed by atoms with Crippen LogP contribution in [0, 0.1) is 6.92 Å². The van der Waals surface area contributed by atoms with Gasteiger partial charge in [0.1, 0.15) is 0 Å². The van der Waals surface area contributed by atoms with Crippen molar-refractivity contribution in [1.29, 1.82) is 0 Å². The lowest BCUT2D eigenvalue weighted by Crippen LogP contribution is -2.27. The van der Waals surface area contributed by atoms with E-state index in [1.807, 2.05) is 26.0 Å². The minimum Gasteiger partial charge on any atom is -0.398 e. The molecule has 1 unspecified atom stereocenters. The predicted octanol–water partition coefficient (Wildman–Crippen LogP) is 4.55. The van der Waals surface area contributed by atoms with Crippen molar-refractivity contribution in [3.8, 4) is 0 Å². The van der Waals surface area contributed by atoms with E-state index in [0.29, 0.717) is 15.6 Å². The quantitative estimate of drug-likeness (QED) is 0.776. The Morgan fingerprint density at radius 1 is 1.45 bits per heavy atom. The summed E-state index contributed by atoms with van der Waals surface area (Å²) in [5, 5.41) is 2.96. The van der Waals surface area contributed by atoms with Crippen molar-refractivity contribution < 1.29 is 4.79 Å². The fourth-order valence-electron chi connectivity index (χ4n) is 1.84. The fourth-order valence-corrected chi connectivity index (χ4v) is 3.38. The lowest BCUT2D eigenvalue weighted by atomic mass is 10.1. The van der Waals surface area contributed by atoms with Gasteiger partial charge in [0.15, 0.2) is 0 Å². The third-order valence-corrected chi connectivity index (χ3v) is 4.90. The molecule has 0 spiro atoms. The van der Waals surface area contributed by atoms with E-state index in [2.05, 4.69) is 21.2 Å². The zero-order chi connectivity index (χ0) is 14.9. The van der Waals surface area contributed by atoms with Crippen LogP contribution in [0.5, 0.6) is 0 Å². The number of benzene rings is 1. The zero-order valence-corrected chi connectivity index (χ0v) is 14.2. The summed E-state index contributed by atoms with van der Waals surface area (Å²) in [7, 11) is 0. The molecule has 0 aliphatic carbocycles. The predicted molar refractivity (Wildman–Crippen MR) is 88.5 cm³/mol. The number of carbonyl (C=O) groups is 1. The summed E-state index contributed by atoms with van der Waals surface area (Å²) in [5.74, 6) is -0.146. The van der Waals surface area contributed by atoms with E-state index in [-0.39, 0.29) is 11.9 Å². The first-order chi connectivity index (χ1) is 9.38. The van der Waals surface area contributed by atoms with Crippen molar-refractivity contribution in [1.82, 2.24) is 5.32 Å². The van der Waals surface area contributed by atoms with Gasteiger partial charge in [-0.05, 0) is 43.7 Å². The van der Waals surface area contributed by atoms with Crippen LogP contribution in [0.1, 0.15) is 33.8 Å². The molecule has 2 aromatic rings. The van der Waals surface area contributed by atoms with Gasteiger partial charge >= 0.3 is 0 Å². The Bertz CT molecular complexity index is 657. The molecular formula is C14H14BrClN2OS. The molecule has 1 aromatic carbocycles. The highest BCUT2D eigenvalue weighted by Crippen LogP contribution is 2.28. The molecule has 0 fully saturated rings. The maximum Gasteiger partial charge on any atom is 0.252 e. The molecule has 3 nitrogen and oxygen atoms in total. The van der Waals surface area contributed by atoms with Crippen LogP contribution in [-0.4, -0.2) is 5.91 Å². The first-order valence-corrected chi connectivity index (χ1v) is 7.99. The van der Waals surface area contributed by atoms with Gasteiger partial charge < -0.3 is 11.1 Å². The maximum absolute atomic E-state index is 12.3. The molecule has 106 valence electrons. The number of nitrogen functional groups attached to an aromatic ring is 1. The number of carbonyl (C=O) groups excluding carboxylic acids is 1. The second-order valence-corrected chi connectivity index (χ2v) is 7.17. The van der Waals surface area contributed by atoms with E-state index in [0.717, 1.165) is 14.9 Å². The Morgan fingerprint density at radius 3 is 2.75 bits per heavy atom. The second-order valence-electron chi connectivity index (χ2n) is 4.50. The number of hydrogen-bond donors (Lipinski definition) is 2. The number of anilines is 1. The summed E-state index contributed by atoms with van der Waals surface area (Å²) in [5.41, 5.74) is 7.83. The molecule has 1 heterocycles. The summed E-state index contributed by atoms with van der Waals surface area (Å²) in [6.45, 7) is 3.76. The van der Waals surface area contributed by atoms with Crippen LogP contribution in [0.15, 0.2) is 28.7 Å². The smallest absolute Gasteiger partial charge is 0.252 e. The average Bonchev–Trinajstić information content (AvgIpc) is 2.80. The molecule has 0 radical (unpaired) electrons. The highest BCUT2D eigenvalue weighted by molar-refractivity contribution is 9.10. The molecular weight excluding hydrogens is 360 g/mol. The Hall–Kier alpha value is -1.04. The highest BCUT2D eigenvalue weighted by Gasteiger charge is 2.16. The molecule has 20 heavy (non-hydrogen) atoms. The van der Waals surface area contributed by atoms with Gasteiger partial charge in [0.05, 0.1) is 10.4 Å². The normalized spacial score (nSPS) is 12.2. The van der Waals surface area contributed by atoms with E-state index >= 15 is 0 Å². The van der Waals surface area contributed by atoms with Gasteiger partial charge in [-0.3, -0.25) is 4.79 Å². The lowest BCUT2D eigenvalue weighted by Gasteiger charge is -2.14. The third-order valence-electron chi connectivity index (χ3n) is 3.03. The summed E-state index contributed by atoms with van der Waals surface area (Å²) < 4.78 is 1.50. The van der Waals surface area contributed by atoms with Crippen LogP contribution in [0.25, 0.3) is 0 Å². The van der Waals surface area contributed by atoms with E-state index in [4.69, 9.17) is 17.3 Å². The average molecular weight is 374 g/mol. The van der Waals surface area contributed by atoms with E-state index in [9.17, 15) is 4.79 Å². The van der Waals surface area contributed by atoms with E-state index in [1.165, 1.54) is 11.3 Å². The van der Waals surface area contributed by atoms with Gasteiger partial charge in [-0.25, -0.2) is 0 Å². The molecule has 0 aliphatic heterocycles. The number of thiophene rings is 1. The summed E-state index contributed by atoms with van der Waals surface area (Å²) in [4.78, 5) is 13.4. The van der Waals surface area contributed by atoms with Crippen molar-refractivity contribution in [2.75, 3.05) is 5.73 Å². The largest absolute Gasteiger partial charge is 0.398 e. The van der Waals surface area contributed by atoms with Crippen LogP contribution in [0.4, 0.5) is 5.69 Å². The first-order valence-electron chi connectivity index (χ1n) is 6.00. The Kier molecular flexibility index (Phi) is 4.73. The lowest BCUT2D eigenvalue weighted by molar-refractivity contribution is 0.0940. The van der Waals surface area contributed by atoms with Gasteiger partial charge in [0.2, 0.25) is 0 Å². The molecule has 0 aliphatic rings. The van der Waals surface area contributed by atoms with Gasteiger partial charge in [0.25, 0.3) is 5.91 Å². The standard InChI is InChI=1S/C14H14BrClN2OS/c1-7-10(5-9(15)6-11(7)17)14(19)18-8(2)12-3-4-13(16)20-12/h3-6,8H,17H2,1-2H3,(H,18,19). The number of halogens is 2. The van der Waals surface area contributed by atoms with Crippen LogP contribution >= 0.6 is 38.9 Å². The molecule has 0 bridgehead atoms. The molecule has 0 saturated heterocycles. The molecule has 3 N–H and O–H groups in total. The summed E-state index contributed by atoms with van der Waals surface area (Å²) in [6.07, 6.45) is 0. The molecule has 0 saturated carbocycles. The van der Waals surface area contributed by atoms with E-state index < -0.39 is 0 Å². The van der Waals surface area contributed by atoms with Gasteiger partial charge in [-0.1, -0.05) is 27.5 Å². The monoisotopic (exact) mass is 372 g/mol. The van der Waals surface area contributed by atoms with Crippen LogP contribution in [0.3, 0.4) is 0 Å². The first kappa shape index (κ1) is 15.4. The van der Waals surface area contributed by atoms with E-state index in [1.54, 1.807) is 12.1 Å². The van der Waals surface area contributed by atoms with Crippen LogP contribution in [-0.2, 0) is 0 Å². The Balaban J connectivity index is 2.20. The highest BCUT2D eigenvalue weighted by atomic mass is 79.9. The number of rotatable bonds is 3. The van der Waals surface area contributed by atoms with Crippen molar-refractivity contribution >= 4 is 50.5 Å². The summed E-state index contributed by atoms with van der Waals surface area (Å²) >= 11 is 10.7. The third kappa shape index (κ3) is 3.34. The van der Waals surface area contributed by atoms with Gasteiger partial charge in [0, 0.05) is 20.6 Å². The summed E-state index contributed by atoms with van der Waals surface area (Å²) in [6, 6.07) is 7.20. The Morgan fingerprint density at radius 2 is 2.15 bits per heavy atom. The molecule has 1 amide bonds. The molecule has 1 aromatic heterocycles. The van der Waals surface area contributed by atoms with Gasteiger partial charge in [-0.15, -0.1) is 11.3 Å². The van der Waals surface area contributed by atoms with Crippen LogP contribution in [0.2, 0.25) is 4.34 Å². The molecule has 1 atom stereocenters. The Labute approximate surface area is 135 Å². The SMILES string of the molecule is Cc1c(N)cc(Br)cc1C(=O)NC(C)c1ccc(Cl)s1. The maximum atomic E-state index is 12.3. The van der Waals surface area contributed by atoms with Crippen molar-refractivity contribution in [2.24, 2.45) is 0 Å². The van der Waals surface area contributed by atoms with Gasteiger partial charge in [-0.2, -0.15) is 0 Å². The topological polar surface area (TPSA) is 55.1 Å². The number of hydrogen-bond acceptors (Lipinski definition) is 3. The van der Waals surface area contributed by atoms with Crippen LogP contribution < -0.4 is 11.1 Å². The van der Waals surface area contributed by atoms with Crippen molar-refractivity contribution in [3.63, 3.8) is 0 Å². The number of nitrogens with two attached hydrogens (primary N) is 1.